The summed E-state index contributed by atoms with van der Waals surface area (Å²) in [6, 6.07) is 3.47. The first-order valence-electron chi connectivity index (χ1n) is 5.69. The Bertz CT molecular complexity index is 549. The van der Waals surface area contributed by atoms with E-state index in [0.717, 1.165) is 6.42 Å². The van der Waals surface area contributed by atoms with E-state index in [9.17, 15) is 0 Å². The Labute approximate surface area is 105 Å². The van der Waals surface area contributed by atoms with Crippen molar-refractivity contribution in [2.24, 2.45) is 5.73 Å². The number of amidine groups is 1. The normalized spacial score (nSPS) is 10.3. The molecule has 3 N–H and O–H groups in total. The lowest BCUT2D eigenvalue weighted by Crippen LogP contribution is -2.15. The lowest BCUT2D eigenvalue weighted by atomic mass is 10.2. The zero-order chi connectivity index (χ0) is 13.0. The van der Waals surface area contributed by atoms with Crippen molar-refractivity contribution in [1.82, 2.24) is 14.8 Å². The minimum Gasteiger partial charge on any atom is -0.490 e. The van der Waals surface area contributed by atoms with Crippen LogP contribution in [0.5, 0.6) is 5.75 Å². The van der Waals surface area contributed by atoms with Crippen LogP contribution < -0.4 is 10.5 Å². The third kappa shape index (κ3) is 2.48. The number of hydrogen-bond acceptors (Lipinski definition) is 4. The molecular weight excluding hydrogens is 230 g/mol. The predicted octanol–water partition coefficient (Wildman–Crippen LogP) is 1.34. The average Bonchev–Trinajstić information content (AvgIpc) is 2.85. The van der Waals surface area contributed by atoms with Crippen LogP contribution in [-0.2, 0) is 0 Å². The molecule has 0 unspecified atom stereocenters. The second kappa shape index (κ2) is 5.31. The summed E-state index contributed by atoms with van der Waals surface area (Å²) in [7, 11) is 0. The molecule has 94 valence electrons. The summed E-state index contributed by atoms with van der Waals surface area (Å²) < 4.78 is 7.02. The Morgan fingerprint density at radius 2 is 2.39 bits per heavy atom. The first-order chi connectivity index (χ1) is 8.72. The summed E-state index contributed by atoms with van der Waals surface area (Å²) in [4.78, 5) is 4.19. The molecule has 0 saturated heterocycles. The van der Waals surface area contributed by atoms with E-state index in [-0.39, 0.29) is 5.84 Å². The molecule has 2 heterocycles. The summed E-state index contributed by atoms with van der Waals surface area (Å²) in [5.41, 5.74) is 6.05. The molecule has 2 aromatic rings. The molecule has 0 aliphatic carbocycles. The third-order valence-corrected chi connectivity index (χ3v) is 2.33. The highest BCUT2D eigenvalue weighted by Crippen LogP contribution is 2.15. The van der Waals surface area contributed by atoms with Crippen LogP contribution in [-0.4, -0.2) is 27.2 Å². The summed E-state index contributed by atoms with van der Waals surface area (Å²) in [5.74, 6) is 1.16. The van der Waals surface area contributed by atoms with Gasteiger partial charge in [0.05, 0.1) is 24.6 Å². The molecule has 0 saturated carbocycles. The third-order valence-electron chi connectivity index (χ3n) is 2.33. The van der Waals surface area contributed by atoms with Crippen molar-refractivity contribution >= 4 is 5.84 Å². The smallest absolute Gasteiger partial charge is 0.164 e. The van der Waals surface area contributed by atoms with Gasteiger partial charge in [0.25, 0.3) is 0 Å². The minimum atomic E-state index is -0.0374. The number of pyridine rings is 1. The maximum absolute atomic E-state index is 7.51. The van der Waals surface area contributed by atoms with E-state index >= 15 is 0 Å². The highest BCUT2D eigenvalue weighted by molar-refractivity contribution is 5.97. The second-order valence-electron chi connectivity index (χ2n) is 3.76. The minimum absolute atomic E-state index is 0.0374. The number of nitrogens with one attached hydrogen (secondary N) is 1. The van der Waals surface area contributed by atoms with Crippen molar-refractivity contribution in [2.75, 3.05) is 6.61 Å². The molecular formula is C12H15N5O. The lowest BCUT2D eigenvalue weighted by Gasteiger charge is -2.05. The molecule has 0 aliphatic rings. The van der Waals surface area contributed by atoms with E-state index in [1.165, 1.54) is 0 Å². The molecule has 6 heteroatoms. The SMILES string of the molecule is CCCOc1cnn(-c2ncccc2C(=N)N)c1. The van der Waals surface area contributed by atoms with Crippen LogP contribution in [0.3, 0.4) is 0 Å². The van der Waals surface area contributed by atoms with Crippen molar-refractivity contribution in [3.05, 3.63) is 36.3 Å². The number of nitrogens with two attached hydrogens (primary N) is 1. The van der Waals surface area contributed by atoms with E-state index in [2.05, 4.69) is 10.1 Å². The molecule has 0 amide bonds. The van der Waals surface area contributed by atoms with Gasteiger partial charge < -0.3 is 10.5 Å². The maximum Gasteiger partial charge on any atom is 0.164 e. The van der Waals surface area contributed by atoms with Crippen molar-refractivity contribution in [2.45, 2.75) is 13.3 Å². The standard InChI is InChI=1S/C12H15N5O/c1-2-6-18-9-7-16-17(8-9)12-10(11(13)14)4-3-5-15-12/h3-5,7-8H,2,6H2,1H3,(H3,13,14). The Morgan fingerprint density at radius 1 is 1.56 bits per heavy atom. The van der Waals surface area contributed by atoms with Gasteiger partial charge in [-0.05, 0) is 18.6 Å². The summed E-state index contributed by atoms with van der Waals surface area (Å²) in [6.45, 7) is 2.69. The predicted molar refractivity (Wildman–Crippen MR) is 68.2 cm³/mol. The monoisotopic (exact) mass is 245 g/mol. The number of ether oxygens (including phenoxy) is 1. The van der Waals surface area contributed by atoms with E-state index in [1.807, 2.05) is 6.92 Å². The van der Waals surface area contributed by atoms with Gasteiger partial charge in [0.1, 0.15) is 5.84 Å². The van der Waals surface area contributed by atoms with Gasteiger partial charge in [0, 0.05) is 6.20 Å². The maximum atomic E-state index is 7.51. The van der Waals surface area contributed by atoms with Gasteiger partial charge in [-0.15, -0.1) is 0 Å². The molecule has 0 aliphatic heterocycles. The van der Waals surface area contributed by atoms with Crippen molar-refractivity contribution < 1.29 is 4.74 Å². The van der Waals surface area contributed by atoms with Crippen LogP contribution in [0, 0.1) is 5.41 Å². The van der Waals surface area contributed by atoms with Crippen molar-refractivity contribution in [1.29, 1.82) is 5.41 Å². The number of nitrogen functional groups attached to an aromatic ring is 1. The fraction of sp³-hybridized carbons (Fsp3) is 0.250. The number of hydrogen-bond donors (Lipinski definition) is 2. The Balaban J connectivity index is 2.31. The molecule has 0 bridgehead atoms. The Kier molecular flexibility index (Phi) is 3.57. The van der Waals surface area contributed by atoms with Crippen LogP contribution in [0.2, 0.25) is 0 Å². The average molecular weight is 245 g/mol. The van der Waals surface area contributed by atoms with Gasteiger partial charge in [-0.25, -0.2) is 9.67 Å². The fourth-order valence-electron chi connectivity index (χ4n) is 1.51. The van der Waals surface area contributed by atoms with E-state index in [1.54, 1.807) is 35.4 Å². The van der Waals surface area contributed by atoms with Crippen LogP contribution in [0.1, 0.15) is 18.9 Å². The molecule has 0 spiro atoms. The first-order valence-corrected chi connectivity index (χ1v) is 5.69. The van der Waals surface area contributed by atoms with Crippen LogP contribution in [0.4, 0.5) is 0 Å². The van der Waals surface area contributed by atoms with Gasteiger partial charge in [0.15, 0.2) is 11.6 Å². The van der Waals surface area contributed by atoms with Gasteiger partial charge in [-0.3, -0.25) is 5.41 Å². The van der Waals surface area contributed by atoms with E-state index in [0.29, 0.717) is 23.7 Å². The molecule has 2 aromatic heterocycles. The van der Waals surface area contributed by atoms with Crippen LogP contribution in [0.15, 0.2) is 30.7 Å². The molecule has 0 atom stereocenters. The van der Waals surface area contributed by atoms with Crippen molar-refractivity contribution in [3.8, 4) is 11.6 Å². The zero-order valence-corrected chi connectivity index (χ0v) is 10.1. The van der Waals surface area contributed by atoms with Crippen LogP contribution >= 0.6 is 0 Å². The van der Waals surface area contributed by atoms with Crippen molar-refractivity contribution in [3.63, 3.8) is 0 Å². The highest BCUT2D eigenvalue weighted by atomic mass is 16.5. The molecule has 18 heavy (non-hydrogen) atoms. The summed E-state index contributed by atoms with van der Waals surface area (Å²) >= 11 is 0. The first kappa shape index (κ1) is 12.1. The quantitative estimate of drug-likeness (QED) is 0.614. The molecule has 6 nitrogen and oxygen atoms in total. The molecule has 0 radical (unpaired) electrons. The molecule has 0 aromatic carbocycles. The van der Waals surface area contributed by atoms with Gasteiger partial charge in [0.2, 0.25) is 0 Å². The number of aromatic nitrogens is 3. The largest absolute Gasteiger partial charge is 0.490 e. The molecule has 2 rings (SSSR count). The van der Waals surface area contributed by atoms with Gasteiger partial charge >= 0.3 is 0 Å². The Morgan fingerprint density at radius 3 is 3.11 bits per heavy atom. The van der Waals surface area contributed by atoms with E-state index < -0.39 is 0 Å². The lowest BCUT2D eigenvalue weighted by molar-refractivity contribution is 0.317. The van der Waals surface area contributed by atoms with Gasteiger partial charge in [-0.2, -0.15) is 5.10 Å². The molecule has 0 fully saturated rings. The second-order valence-corrected chi connectivity index (χ2v) is 3.76. The summed E-state index contributed by atoms with van der Waals surface area (Å²) in [5, 5.41) is 11.7. The fourth-order valence-corrected chi connectivity index (χ4v) is 1.51. The van der Waals surface area contributed by atoms with E-state index in [4.69, 9.17) is 15.9 Å². The van der Waals surface area contributed by atoms with Gasteiger partial charge in [-0.1, -0.05) is 6.92 Å². The summed E-state index contributed by atoms with van der Waals surface area (Å²) in [6.07, 6.45) is 5.92. The van der Waals surface area contributed by atoms with Crippen LogP contribution in [0.25, 0.3) is 5.82 Å². The number of nitrogens with zero attached hydrogens (tertiary/aromatic N) is 3. The highest BCUT2D eigenvalue weighted by Gasteiger charge is 2.09. The number of rotatable bonds is 5. The Hall–Kier alpha value is -2.37. The topological polar surface area (TPSA) is 89.8 Å². The zero-order valence-electron chi connectivity index (χ0n) is 10.1.